The van der Waals surface area contributed by atoms with Crippen LogP contribution in [0, 0.1) is 0 Å². The van der Waals surface area contributed by atoms with Crippen LogP contribution in [0.1, 0.15) is 5.56 Å². The zero-order valence-electron chi connectivity index (χ0n) is 11.0. The van der Waals surface area contributed by atoms with Gasteiger partial charge in [-0.25, -0.2) is 13.9 Å². The average Bonchev–Trinajstić information content (AvgIpc) is 3.02. The molecule has 6 nitrogen and oxygen atoms in total. The van der Waals surface area contributed by atoms with Crippen LogP contribution in [-0.4, -0.2) is 30.4 Å². The molecule has 0 saturated carbocycles. The number of hydroxylamine groups is 1. The Morgan fingerprint density at radius 1 is 1.19 bits per heavy atom. The Balaban J connectivity index is 2.30. The molecule has 0 radical (unpaired) electrons. The van der Waals surface area contributed by atoms with Crippen molar-refractivity contribution in [1.82, 2.24) is 9.79 Å². The lowest BCUT2D eigenvalue weighted by Crippen LogP contribution is -2.39. The Bertz CT molecular complexity index is 684. The minimum Gasteiger partial charge on any atom is -0.289 e. The second-order valence-electron chi connectivity index (χ2n) is 4.23. The van der Waals surface area contributed by atoms with Crippen molar-refractivity contribution in [2.45, 2.75) is 10.8 Å². The number of nitrogens with zero attached hydrogens (tertiary/aromatic N) is 1. The number of hydrogen-bond acceptors (Lipinski definition) is 5. The SMILES string of the molecule is O=C(CN(Cc1ccccc1)S(=O)(=O)c1cccs1)NO. The normalized spacial score (nSPS) is 11.5. The lowest BCUT2D eigenvalue weighted by atomic mass is 10.2. The zero-order chi connectivity index (χ0) is 15.3. The number of benzene rings is 1. The number of carbonyl (C=O) groups is 1. The largest absolute Gasteiger partial charge is 0.289 e. The maximum Gasteiger partial charge on any atom is 0.258 e. The van der Waals surface area contributed by atoms with Crippen LogP contribution in [0.25, 0.3) is 0 Å². The van der Waals surface area contributed by atoms with Crippen molar-refractivity contribution in [3.8, 4) is 0 Å². The van der Waals surface area contributed by atoms with Crippen LogP contribution in [0.2, 0.25) is 0 Å². The van der Waals surface area contributed by atoms with Crippen LogP contribution in [0.3, 0.4) is 0 Å². The fourth-order valence-corrected chi connectivity index (χ4v) is 4.27. The van der Waals surface area contributed by atoms with E-state index < -0.39 is 22.5 Å². The summed E-state index contributed by atoms with van der Waals surface area (Å²) in [7, 11) is -3.78. The summed E-state index contributed by atoms with van der Waals surface area (Å²) >= 11 is 1.08. The second kappa shape index (κ2) is 6.81. The first-order valence-corrected chi connectivity index (χ1v) is 8.36. The molecular weight excluding hydrogens is 312 g/mol. The molecule has 1 aromatic carbocycles. The van der Waals surface area contributed by atoms with Gasteiger partial charge in [0.2, 0.25) is 0 Å². The van der Waals surface area contributed by atoms with Gasteiger partial charge in [-0.2, -0.15) is 4.31 Å². The van der Waals surface area contributed by atoms with Crippen LogP contribution in [0.4, 0.5) is 0 Å². The van der Waals surface area contributed by atoms with Gasteiger partial charge in [0.1, 0.15) is 4.21 Å². The van der Waals surface area contributed by atoms with Crippen molar-refractivity contribution in [3.05, 3.63) is 53.4 Å². The van der Waals surface area contributed by atoms with Crippen LogP contribution in [0.5, 0.6) is 0 Å². The van der Waals surface area contributed by atoms with Crippen molar-refractivity contribution in [2.24, 2.45) is 0 Å². The molecule has 0 aliphatic heterocycles. The molecule has 0 saturated heterocycles. The van der Waals surface area contributed by atoms with Crippen LogP contribution in [-0.2, 0) is 21.4 Å². The molecule has 0 atom stereocenters. The summed E-state index contributed by atoms with van der Waals surface area (Å²) in [5, 5.41) is 10.3. The van der Waals surface area contributed by atoms with Gasteiger partial charge in [0, 0.05) is 6.54 Å². The number of nitrogens with one attached hydrogen (secondary N) is 1. The summed E-state index contributed by atoms with van der Waals surface area (Å²) in [4.78, 5) is 11.4. The van der Waals surface area contributed by atoms with E-state index in [2.05, 4.69) is 0 Å². The number of carbonyl (C=O) groups excluding carboxylic acids is 1. The third-order valence-corrected chi connectivity index (χ3v) is 5.90. The van der Waals surface area contributed by atoms with Crippen LogP contribution in [0.15, 0.2) is 52.1 Å². The van der Waals surface area contributed by atoms with E-state index in [1.165, 1.54) is 11.5 Å². The van der Waals surface area contributed by atoms with Crippen molar-refractivity contribution < 1.29 is 18.4 Å². The molecule has 2 aromatic rings. The maximum atomic E-state index is 12.5. The van der Waals surface area contributed by atoms with E-state index in [9.17, 15) is 13.2 Å². The Labute approximate surface area is 126 Å². The van der Waals surface area contributed by atoms with Crippen molar-refractivity contribution in [2.75, 3.05) is 6.54 Å². The molecule has 0 aliphatic rings. The van der Waals surface area contributed by atoms with E-state index in [1.807, 2.05) is 6.07 Å². The standard InChI is InChI=1S/C13H14N2O4S2/c16-12(14-17)10-15(9-11-5-2-1-3-6-11)21(18,19)13-7-4-8-20-13/h1-8,17H,9-10H2,(H,14,16). The van der Waals surface area contributed by atoms with E-state index >= 15 is 0 Å². The highest BCUT2D eigenvalue weighted by molar-refractivity contribution is 7.91. The lowest BCUT2D eigenvalue weighted by molar-refractivity contribution is -0.129. The summed E-state index contributed by atoms with van der Waals surface area (Å²) in [5.41, 5.74) is 2.21. The van der Waals surface area contributed by atoms with Crippen LogP contribution >= 0.6 is 11.3 Å². The smallest absolute Gasteiger partial charge is 0.258 e. The van der Waals surface area contributed by atoms with Gasteiger partial charge in [0.05, 0.1) is 6.54 Å². The predicted octanol–water partition coefficient (Wildman–Crippen LogP) is 1.44. The summed E-state index contributed by atoms with van der Waals surface area (Å²) in [6.07, 6.45) is 0. The summed E-state index contributed by atoms with van der Waals surface area (Å²) < 4.78 is 26.2. The molecule has 1 aromatic heterocycles. The topological polar surface area (TPSA) is 86.7 Å². The average molecular weight is 326 g/mol. The van der Waals surface area contributed by atoms with Crippen molar-refractivity contribution >= 4 is 27.3 Å². The molecule has 2 N–H and O–H groups in total. The molecule has 8 heteroatoms. The first kappa shape index (κ1) is 15.6. The van der Waals surface area contributed by atoms with Crippen molar-refractivity contribution in [1.29, 1.82) is 0 Å². The van der Waals surface area contributed by atoms with Crippen molar-refractivity contribution in [3.63, 3.8) is 0 Å². The highest BCUT2D eigenvalue weighted by Gasteiger charge is 2.27. The summed E-state index contributed by atoms with van der Waals surface area (Å²) in [5.74, 6) is -0.786. The third kappa shape index (κ3) is 3.88. The number of hydrogen-bond donors (Lipinski definition) is 2. The van der Waals surface area contributed by atoms with Gasteiger partial charge >= 0.3 is 0 Å². The molecule has 21 heavy (non-hydrogen) atoms. The Hall–Kier alpha value is -1.74. The summed E-state index contributed by atoms with van der Waals surface area (Å²) in [6.45, 7) is -0.403. The molecule has 0 unspecified atom stereocenters. The van der Waals surface area contributed by atoms with Gasteiger partial charge in [-0.1, -0.05) is 36.4 Å². The highest BCUT2D eigenvalue weighted by atomic mass is 32.2. The molecule has 0 aliphatic carbocycles. The number of thiophene rings is 1. The van der Waals surface area contributed by atoms with Gasteiger partial charge in [-0.15, -0.1) is 11.3 Å². The minimum absolute atomic E-state index is 0.0501. The quantitative estimate of drug-likeness (QED) is 0.621. The number of amides is 1. The highest BCUT2D eigenvalue weighted by Crippen LogP contribution is 2.22. The van der Waals surface area contributed by atoms with Gasteiger partial charge < -0.3 is 0 Å². The molecule has 0 bridgehead atoms. The lowest BCUT2D eigenvalue weighted by Gasteiger charge is -2.20. The van der Waals surface area contributed by atoms with Gasteiger partial charge in [0.15, 0.2) is 0 Å². The minimum atomic E-state index is -3.78. The van der Waals surface area contributed by atoms with Gasteiger partial charge in [-0.05, 0) is 17.0 Å². The first-order chi connectivity index (χ1) is 10.0. The predicted molar refractivity (Wildman–Crippen MR) is 78.3 cm³/mol. The molecule has 0 spiro atoms. The van der Waals surface area contributed by atoms with E-state index in [0.717, 1.165) is 21.2 Å². The maximum absolute atomic E-state index is 12.5. The van der Waals surface area contributed by atoms with E-state index in [4.69, 9.17) is 5.21 Å². The Morgan fingerprint density at radius 3 is 2.48 bits per heavy atom. The molecular formula is C13H14N2O4S2. The van der Waals surface area contributed by atoms with E-state index in [0.29, 0.717) is 0 Å². The van der Waals surface area contributed by atoms with Crippen LogP contribution < -0.4 is 5.48 Å². The number of sulfonamides is 1. The van der Waals surface area contributed by atoms with Gasteiger partial charge in [-0.3, -0.25) is 10.0 Å². The monoisotopic (exact) mass is 326 g/mol. The molecule has 112 valence electrons. The molecule has 1 heterocycles. The first-order valence-electron chi connectivity index (χ1n) is 6.04. The third-order valence-electron chi connectivity index (χ3n) is 2.74. The fourth-order valence-electron chi connectivity index (χ4n) is 1.75. The summed E-state index contributed by atoms with van der Waals surface area (Å²) in [6, 6.07) is 12.1. The Morgan fingerprint density at radius 2 is 1.90 bits per heavy atom. The molecule has 1 amide bonds. The number of rotatable bonds is 6. The molecule has 0 fully saturated rings. The van der Waals surface area contributed by atoms with E-state index in [-0.39, 0.29) is 10.8 Å². The zero-order valence-corrected chi connectivity index (χ0v) is 12.6. The molecule has 2 rings (SSSR count). The second-order valence-corrected chi connectivity index (χ2v) is 7.34. The Kier molecular flexibility index (Phi) is 5.07. The van der Waals surface area contributed by atoms with Gasteiger partial charge in [0.25, 0.3) is 15.9 Å². The van der Waals surface area contributed by atoms with E-state index in [1.54, 1.807) is 35.7 Å². The fraction of sp³-hybridized carbons (Fsp3) is 0.154.